The number of ether oxygens (including phenoxy) is 2. The summed E-state index contributed by atoms with van der Waals surface area (Å²) in [5.41, 5.74) is 2.74. The Labute approximate surface area is 161 Å². The number of hydrogen-bond acceptors (Lipinski definition) is 7. The molecule has 0 unspecified atom stereocenters. The fourth-order valence-corrected chi connectivity index (χ4v) is 3.24. The fraction of sp³-hybridized carbons (Fsp3) is 0.150. The Hall–Kier alpha value is -3.24. The first-order valence-corrected chi connectivity index (χ1v) is 9.31. The molecule has 0 atom stereocenters. The van der Waals surface area contributed by atoms with Crippen LogP contribution in [0, 0.1) is 11.3 Å². The van der Waals surface area contributed by atoms with Crippen molar-refractivity contribution < 1.29 is 9.47 Å². The first-order chi connectivity index (χ1) is 13.2. The van der Waals surface area contributed by atoms with Crippen molar-refractivity contribution in [2.24, 2.45) is 0 Å². The van der Waals surface area contributed by atoms with Crippen molar-refractivity contribution in [1.82, 2.24) is 9.97 Å². The number of fused-ring (bicyclic) bond motifs is 1. The SMILES string of the molecule is CN(c1ccc2c(c1)OCO2)c1cc(-c2ccccc2)nc(SCC#N)n1. The zero-order chi connectivity index (χ0) is 18.6. The molecule has 1 aromatic heterocycles. The molecule has 6 nitrogen and oxygen atoms in total. The zero-order valence-corrected chi connectivity index (χ0v) is 15.4. The maximum atomic E-state index is 8.90. The molecule has 4 rings (SSSR count). The van der Waals surface area contributed by atoms with E-state index >= 15 is 0 Å². The Kier molecular flexibility index (Phi) is 4.81. The van der Waals surface area contributed by atoms with E-state index in [0.29, 0.717) is 10.9 Å². The molecule has 0 spiro atoms. The largest absolute Gasteiger partial charge is 0.454 e. The number of thioether (sulfide) groups is 1. The molecule has 0 saturated heterocycles. The summed E-state index contributed by atoms with van der Waals surface area (Å²) in [6.07, 6.45) is 0. The van der Waals surface area contributed by atoms with Crippen LogP contribution in [0.1, 0.15) is 0 Å². The maximum absolute atomic E-state index is 8.90. The predicted molar refractivity (Wildman–Crippen MR) is 104 cm³/mol. The molecule has 0 saturated carbocycles. The molecule has 27 heavy (non-hydrogen) atoms. The lowest BCUT2D eigenvalue weighted by molar-refractivity contribution is 0.174. The Morgan fingerprint density at radius 3 is 2.70 bits per heavy atom. The van der Waals surface area contributed by atoms with Gasteiger partial charge in [-0.3, -0.25) is 0 Å². The lowest BCUT2D eigenvalue weighted by atomic mass is 10.1. The number of anilines is 2. The highest BCUT2D eigenvalue weighted by atomic mass is 32.2. The number of hydrogen-bond donors (Lipinski definition) is 0. The second-order valence-electron chi connectivity index (χ2n) is 5.80. The Morgan fingerprint density at radius 1 is 1.07 bits per heavy atom. The van der Waals surface area contributed by atoms with E-state index in [1.165, 1.54) is 11.8 Å². The highest BCUT2D eigenvalue weighted by Crippen LogP contribution is 2.37. The van der Waals surface area contributed by atoms with Gasteiger partial charge in [0, 0.05) is 30.4 Å². The van der Waals surface area contributed by atoms with Crippen LogP contribution in [0.3, 0.4) is 0 Å². The first kappa shape index (κ1) is 17.2. The van der Waals surface area contributed by atoms with Gasteiger partial charge in [0.05, 0.1) is 17.5 Å². The summed E-state index contributed by atoms with van der Waals surface area (Å²) < 4.78 is 10.9. The molecular formula is C20H16N4O2S. The van der Waals surface area contributed by atoms with Crippen molar-refractivity contribution in [2.75, 3.05) is 24.5 Å². The molecule has 134 valence electrons. The minimum Gasteiger partial charge on any atom is -0.454 e. The smallest absolute Gasteiger partial charge is 0.231 e. The van der Waals surface area contributed by atoms with Crippen molar-refractivity contribution in [2.45, 2.75) is 5.16 Å². The van der Waals surface area contributed by atoms with Crippen LogP contribution in [0.5, 0.6) is 11.5 Å². The average molecular weight is 376 g/mol. The van der Waals surface area contributed by atoms with E-state index in [0.717, 1.165) is 34.3 Å². The number of benzene rings is 2. The Bertz CT molecular complexity index is 1000. The highest BCUT2D eigenvalue weighted by Gasteiger charge is 2.17. The van der Waals surface area contributed by atoms with Crippen LogP contribution in [0.25, 0.3) is 11.3 Å². The molecule has 0 radical (unpaired) electrons. The molecule has 0 N–H and O–H groups in total. The summed E-state index contributed by atoms with van der Waals surface area (Å²) in [6, 6.07) is 19.8. The molecule has 0 fully saturated rings. The van der Waals surface area contributed by atoms with E-state index in [4.69, 9.17) is 14.7 Å². The topological polar surface area (TPSA) is 71.3 Å². The second-order valence-corrected chi connectivity index (χ2v) is 6.75. The minimum absolute atomic E-state index is 0.239. The average Bonchev–Trinajstić information content (AvgIpc) is 3.20. The van der Waals surface area contributed by atoms with Gasteiger partial charge in [-0.1, -0.05) is 42.1 Å². The summed E-state index contributed by atoms with van der Waals surface area (Å²) in [4.78, 5) is 11.2. The van der Waals surface area contributed by atoms with Gasteiger partial charge in [0.2, 0.25) is 6.79 Å². The third kappa shape index (κ3) is 3.66. The molecule has 2 aromatic carbocycles. The molecule has 1 aliphatic rings. The van der Waals surface area contributed by atoms with Gasteiger partial charge in [-0.2, -0.15) is 5.26 Å². The van der Waals surface area contributed by atoms with Gasteiger partial charge in [-0.05, 0) is 12.1 Å². The number of aromatic nitrogens is 2. The van der Waals surface area contributed by atoms with Crippen LogP contribution in [0.2, 0.25) is 0 Å². The van der Waals surface area contributed by atoms with Crippen LogP contribution < -0.4 is 14.4 Å². The van der Waals surface area contributed by atoms with Crippen molar-refractivity contribution in [3.63, 3.8) is 0 Å². The second kappa shape index (κ2) is 7.56. The summed E-state index contributed by atoms with van der Waals surface area (Å²) in [5, 5.41) is 9.47. The van der Waals surface area contributed by atoms with Crippen LogP contribution in [0.15, 0.2) is 59.8 Å². The molecule has 3 aromatic rings. The van der Waals surface area contributed by atoms with E-state index in [9.17, 15) is 0 Å². The lowest BCUT2D eigenvalue weighted by Crippen LogP contribution is -2.12. The van der Waals surface area contributed by atoms with Gasteiger partial charge in [0.1, 0.15) is 5.82 Å². The van der Waals surface area contributed by atoms with Crippen molar-refractivity contribution in [3.8, 4) is 28.8 Å². The Morgan fingerprint density at radius 2 is 1.89 bits per heavy atom. The van der Waals surface area contributed by atoms with Crippen molar-refractivity contribution in [3.05, 3.63) is 54.6 Å². The standard InChI is InChI=1S/C20H16N4O2S/c1-24(15-7-8-17-18(11-15)26-13-25-17)19-12-16(14-5-3-2-4-6-14)22-20(23-19)27-10-9-21/h2-8,11-12H,10,13H2,1H3. The van der Waals surface area contributed by atoms with Crippen LogP contribution >= 0.6 is 11.8 Å². The van der Waals surface area contributed by atoms with E-state index < -0.39 is 0 Å². The number of nitriles is 1. The van der Waals surface area contributed by atoms with Crippen LogP contribution in [0.4, 0.5) is 11.5 Å². The molecule has 1 aliphatic heterocycles. The van der Waals surface area contributed by atoms with Gasteiger partial charge >= 0.3 is 0 Å². The highest BCUT2D eigenvalue weighted by molar-refractivity contribution is 7.99. The van der Waals surface area contributed by atoms with E-state index in [-0.39, 0.29) is 6.79 Å². The monoisotopic (exact) mass is 376 g/mol. The van der Waals surface area contributed by atoms with E-state index in [2.05, 4.69) is 16.0 Å². The predicted octanol–water partition coefficient (Wildman–Crippen LogP) is 4.26. The van der Waals surface area contributed by atoms with Crippen LogP contribution in [-0.4, -0.2) is 29.6 Å². The van der Waals surface area contributed by atoms with E-state index in [1.807, 2.05) is 66.5 Å². The lowest BCUT2D eigenvalue weighted by Gasteiger charge is -2.20. The molecule has 0 aliphatic carbocycles. The summed E-state index contributed by atoms with van der Waals surface area (Å²) in [5.74, 6) is 2.50. The van der Waals surface area contributed by atoms with Crippen molar-refractivity contribution >= 4 is 23.3 Å². The van der Waals surface area contributed by atoms with Crippen LogP contribution in [-0.2, 0) is 0 Å². The fourth-order valence-electron chi connectivity index (χ4n) is 2.73. The molecular weight excluding hydrogens is 360 g/mol. The van der Waals surface area contributed by atoms with E-state index in [1.54, 1.807) is 0 Å². The van der Waals surface area contributed by atoms with Crippen molar-refractivity contribution in [1.29, 1.82) is 5.26 Å². The first-order valence-electron chi connectivity index (χ1n) is 8.32. The molecule has 0 bridgehead atoms. The summed E-state index contributed by atoms with van der Waals surface area (Å²) in [7, 11) is 1.94. The quantitative estimate of drug-likeness (QED) is 0.487. The van der Waals surface area contributed by atoms with Gasteiger partial charge in [-0.25, -0.2) is 9.97 Å². The number of nitrogens with zero attached hydrogens (tertiary/aromatic N) is 4. The summed E-state index contributed by atoms with van der Waals surface area (Å²) in [6.45, 7) is 0.239. The molecule has 0 amide bonds. The summed E-state index contributed by atoms with van der Waals surface area (Å²) >= 11 is 1.32. The Balaban J connectivity index is 1.73. The van der Waals surface area contributed by atoms with Gasteiger partial charge in [0.25, 0.3) is 0 Å². The van der Waals surface area contributed by atoms with Gasteiger partial charge in [-0.15, -0.1) is 0 Å². The molecule has 7 heteroatoms. The minimum atomic E-state index is 0.239. The third-order valence-electron chi connectivity index (χ3n) is 4.11. The maximum Gasteiger partial charge on any atom is 0.231 e. The van der Waals surface area contributed by atoms with Gasteiger partial charge < -0.3 is 14.4 Å². The molecule has 2 heterocycles. The van der Waals surface area contributed by atoms with Gasteiger partial charge in [0.15, 0.2) is 16.7 Å². The zero-order valence-electron chi connectivity index (χ0n) is 14.6. The normalized spacial score (nSPS) is 11.9. The number of rotatable bonds is 5. The third-order valence-corrected chi connectivity index (χ3v) is 4.83.